The van der Waals surface area contributed by atoms with Gasteiger partial charge in [-0.25, -0.2) is 18.3 Å². The van der Waals surface area contributed by atoms with E-state index in [1.54, 1.807) is 0 Å². The van der Waals surface area contributed by atoms with E-state index in [0.717, 1.165) is 0 Å². The minimum absolute atomic E-state index is 0.0177. The molecule has 0 aromatic heterocycles. The fourth-order valence-corrected chi connectivity index (χ4v) is 14.6. The number of phosphoric acid groups is 4. The Bertz CT molecular complexity index is 2520. The van der Waals surface area contributed by atoms with Crippen LogP contribution in [-0.2, 0) is 121 Å². The highest BCUT2D eigenvalue weighted by atomic mass is 31.2. The number of hydrogen-bond acceptors (Lipinski definition) is 37. The van der Waals surface area contributed by atoms with Crippen LogP contribution in [-0.4, -0.2) is 357 Å². The van der Waals surface area contributed by atoms with E-state index in [1.165, 1.54) is 20.8 Å². The fraction of sp³-hybridized carbons (Fsp3) is 0.955. The number of phosphoric ester groups is 4. The van der Waals surface area contributed by atoms with Gasteiger partial charge in [-0.05, 0) is 70.6 Å². The van der Waals surface area contributed by atoms with E-state index in [-0.39, 0.29) is 177 Å². The van der Waals surface area contributed by atoms with Crippen LogP contribution in [0.3, 0.4) is 0 Å². The molecule has 3 saturated heterocycles. The van der Waals surface area contributed by atoms with E-state index >= 15 is 0 Å². The molecule has 48 heteroatoms. The number of nitrogens with one attached hydrogen (secondary N) is 3. The molecule has 18 N–H and O–H groups in total. The number of hydrogen-bond donors (Lipinski definition) is 18. The summed E-state index contributed by atoms with van der Waals surface area (Å²) in [4.78, 5) is 77.6. The Labute approximate surface area is 664 Å². The van der Waals surface area contributed by atoms with Gasteiger partial charge in [-0.2, -0.15) is 0 Å². The first-order valence-corrected chi connectivity index (χ1v) is 44.4. The van der Waals surface area contributed by atoms with Crippen LogP contribution in [0.15, 0.2) is 0 Å². The molecular weight excluding hydrogens is 1610 g/mol. The first kappa shape index (κ1) is 106. The molecule has 44 nitrogen and oxygen atoms in total. The van der Waals surface area contributed by atoms with Crippen molar-refractivity contribution in [2.24, 2.45) is 11.3 Å². The highest BCUT2D eigenvalue weighted by Gasteiger charge is 2.48. The van der Waals surface area contributed by atoms with Gasteiger partial charge in [0.1, 0.15) is 73.1 Å². The molecule has 0 radical (unpaired) electrons. The maximum absolute atomic E-state index is 13.5. The molecule has 3 amide bonds. The Kier molecular flexibility index (Phi) is 55.6. The lowest BCUT2D eigenvalue weighted by Gasteiger charge is -2.42. The van der Waals surface area contributed by atoms with Crippen LogP contribution in [0.1, 0.15) is 130 Å². The summed E-state index contributed by atoms with van der Waals surface area (Å²) < 4.78 is 157. The predicted octanol–water partition coefficient (Wildman–Crippen LogP) is -1.30. The van der Waals surface area contributed by atoms with Gasteiger partial charge >= 0.3 is 31.3 Å². The molecule has 0 aromatic rings. The number of unbranched alkanes of at least 4 members (excludes halogenated alkanes) is 9. The van der Waals surface area contributed by atoms with Crippen molar-refractivity contribution in [2.75, 3.05) is 172 Å². The molecule has 0 saturated carbocycles. The molecule has 3 rings (SSSR count). The van der Waals surface area contributed by atoms with Gasteiger partial charge in [0.15, 0.2) is 18.9 Å². The second-order valence-corrected chi connectivity index (χ2v) is 33.3. The van der Waals surface area contributed by atoms with Crippen molar-refractivity contribution >= 4 is 49.0 Å². The van der Waals surface area contributed by atoms with Crippen molar-refractivity contribution < 1.29 is 197 Å². The van der Waals surface area contributed by atoms with Crippen LogP contribution < -0.4 is 16.0 Å². The topological polar surface area (TPSA) is 634 Å². The second-order valence-electron chi connectivity index (χ2n) is 27.5. The van der Waals surface area contributed by atoms with Crippen molar-refractivity contribution in [3.63, 3.8) is 0 Å². The normalized spacial score (nSPS) is 27.0. The second kappa shape index (κ2) is 59.7. The van der Waals surface area contributed by atoms with Gasteiger partial charge in [-0.1, -0.05) is 38.5 Å². The molecule has 674 valence electrons. The van der Waals surface area contributed by atoms with E-state index < -0.39 is 173 Å². The molecule has 12 unspecified atom stereocenters. The largest absolute Gasteiger partial charge is 0.472 e. The van der Waals surface area contributed by atoms with Crippen LogP contribution in [0.2, 0.25) is 0 Å². The average Bonchev–Trinajstić information content (AvgIpc) is 0.811. The SMILES string of the molecule is CC(=O)NC1[C@H](OCCCCCCOP(=O)(O)OCCCOCC(COCCCOP(=O)(O)OCCCCCCOC2OC(CO)[C@H](O)[C@H](O)[C@@H]2NC(C)=O)(COCCCOP(=O)(O)OCCCCCCO[C@@H]2OC(CO)[C@H](O)C(O)[C@@H]2NC(C)=O)COP(=O)(O)OCCCOCC(CO)COCCCO)OC(CO)[C@H](O)[C@@H]1O. The van der Waals surface area contributed by atoms with Gasteiger partial charge < -0.3 is 144 Å². The summed E-state index contributed by atoms with van der Waals surface area (Å²) >= 11 is 0. The summed E-state index contributed by atoms with van der Waals surface area (Å²) in [5, 5.41) is 117. The Balaban J connectivity index is 1.62. The Morgan fingerprint density at radius 3 is 0.851 bits per heavy atom. The molecular formula is C66H129N3O41P4. The first-order chi connectivity index (χ1) is 54.3. The van der Waals surface area contributed by atoms with E-state index in [0.29, 0.717) is 83.5 Å². The van der Waals surface area contributed by atoms with E-state index in [4.69, 9.17) is 93.4 Å². The van der Waals surface area contributed by atoms with Crippen molar-refractivity contribution in [2.45, 2.75) is 222 Å². The molecule has 0 aromatic carbocycles. The van der Waals surface area contributed by atoms with Gasteiger partial charge in [-0.15, -0.1) is 0 Å². The third-order valence-electron chi connectivity index (χ3n) is 17.4. The third kappa shape index (κ3) is 45.2. The van der Waals surface area contributed by atoms with Crippen LogP contribution in [0, 0.1) is 11.3 Å². The van der Waals surface area contributed by atoms with Crippen molar-refractivity contribution in [3.8, 4) is 0 Å². The summed E-state index contributed by atoms with van der Waals surface area (Å²) in [7, 11) is -18.7. The number of carbonyl (C=O) groups is 3. The molecule has 21 atom stereocenters. The first-order valence-electron chi connectivity index (χ1n) is 38.4. The smallest absolute Gasteiger partial charge is 0.396 e. The minimum atomic E-state index is -4.91. The zero-order chi connectivity index (χ0) is 84.4. The quantitative estimate of drug-likeness (QED) is 0.0249. The average molecular weight is 1740 g/mol. The van der Waals surface area contributed by atoms with E-state index in [2.05, 4.69) is 16.0 Å². The zero-order valence-electron chi connectivity index (χ0n) is 65.3. The van der Waals surface area contributed by atoms with Gasteiger partial charge in [0, 0.05) is 86.2 Å². The fourth-order valence-electron chi connectivity index (χ4n) is 11.3. The maximum Gasteiger partial charge on any atom is 0.472 e. The summed E-state index contributed by atoms with van der Waals surface area (Å²) in [6.45, 7) is -1.93. The van der Waals surface area contributed by atoms with Gasteiger partial charge in [0.2, 0.25) is 17.7 Å². The van der Waals surface area contributed by atoms with Crippen molar-refractivity contribution in [1.29, 1.82) is 0 Å². The van der Waals surface area contributed by atoms with E-state index in [9.17, 15) is 103 Å². The molecule has 0 aliphatic carbocycles. The van der Waals surface area contributed by atoms with Crippen LogP contribution in [0.4, 0.5) is 0 Å². The molecule has 0 bridgehead atoms. The van der Waals surface area contributed by atoms with Gasteiger partial charge in [0.25, 0.3) is 0 Å². The minimum Gasteiger partial charge on any atom is -0.396 e. The number of carbonyl (C=O) groups excluding carboxylic acids is 3. The molecule has 3 fully saturated rings. The predicted molar refractivity (Wildman–Crippen MR) is 394 cm³/mol. The number of amides is 3. The lowest BCUT2D eigenvalue weighted by Crippen LogP contribution is -2.64. The molecule has 3 heterocycles. The highest BCUT2D eigenvalue weighted by molar-refractivity contribution is 7.48. The standard InChI is InChI=1S/C66H129N3O41P4/c1-47(75)67-54-60(81)57(78)51(38-72)108-63(54)97-27-10-4-7-13-30-100-111(84,85)103-34-18-24-94-43-66(46-107-114(90,91)106-33-17-23-93-42-50(37-71)41-92-22-16-21-70,44-95-25-19-35-104-112(86,87)101-31-14-8-5-11-28-98-64-55(68-48(2)76)61(82)58(79)52(39-73)109-64)45-96-26-20-36-105-113(88,89)102-32-15-9-6-12-29-99-65-56(69-49(3)77)62(83)59(80)53(40-74)110-65/h50-65,70-74,78-83H,4-46H2,1-3H3,(H,67,75)(H,68,76)(H,69,77)(H,84,85)(H,86,87)(H,88,89)(H,90,91)/t50?,51?,52?,53?,54-,55-,56?,57-,58-,59-,60+,61?,62+,63?,64+,65+,66?/m0/s1. The van der Waals surface area contributed by atoms with Crippen LogP contribution in [0.5, 0.6) is 0 Å². The molecule has 0 spiro atoms. The highest BCUT2D eigenvalue weighted by Crippen LogP contribution is 2.47. The van der Waals surface area contributed by atoms with Crippen molar-refractivity contribution in [1.82, 2.24) is 16.0 Å². The monoisotopic (exact) mass is 1740 g/mol. The third-order valence-corrected chi connectivity index (χ3v) is 21.4. The number of aliphatic hydroxyl groups excluding tert-OH is 11. The summed E-state index contributed by atoms with van der Waals surface area (Å²) in [5.41, 5.74) is -1.52. The van der Waals surface area contributed by atoms with Gasteiger partial charge in [0.05, 0.1) is 118 Å². The number of ether oxygens (including phenoxy) is 11. The molecule has 3 aliphatic rings. The van der Waals surface area contributed by atoms with Crippen LogP contribution >= 0.6 is 31.3 Å². The van der Waals surface area contributed by atoms with Gasteiger partial charge in [-0.3, -0.25) is 50.6 Å². The molecule has 114 heavy (non-hydrogen) atoms. The van der Waals surface area contributed by atoms with Crippen molar-refractivity contribution in [3.05, 3.63) is 0 Å². The summed E-state index contributed by atoms with van der Waals surface area (Å²) in [6.07, 6.45) is -9.89. The Morgan fingerprint density at radius 1 is 0.333 bits per heavy atom. The maximum atomic E-state index is 13.5. The number of rotatable bonds is 70. The molecule has 3 aliphatic heterocycles. The van der Waals surface area contributed by atoms with E-state index in [1.807, 2.05) is 0 Å². The summed E-state index contributed by atoms with van der Waals surface area (Å²) in [6, 6.07) is -3.33. The zero-order valence-corrected chi connectivity index (χ0v) is 68.8. The lowest BCUT2D eigenvalue weighted by atomic mass is 9.92. The lowest BCUT2D eigenvalue weighted by molar-refractivity contribution is -0.270. The van der Waals surface area contributed by atoms with Crippen LogP contribution in [0.25, 0.3) is 0 Å². The Hall–Kier alpha value is -2.03. The Morgan fingerprint density at radius 2 is 0.588 bits per heavy atom. The summed E-state index contributed by atoms with van der Waals surface area (Å²) in [5.74, 6) is -1.91. The number of aliphatic hydroxyl groups is 11.